The normalized spacial score (nSPS) is 32.5. The fraction of sp³-hybridized carbons (Fsp3) is 0.500. The van der Waals surface area contributed by atoms with Crippen molar-refractivity contribution < 1.29 is 9.53 Å². The lowest BCUT2D eigenvalue weighted by atomic mass is 9.56. The van der Waals surface area contributed by atoms with Crippen LogP contribution >= 0.6 is 0 Å². The highest BCUT2D eigenvalue weighted by Crippen LogP contribution is 2.54. The molecule has 0 aromatic heterocycles. The Morgan fingerprint density at radius 3 is 2.62 bits per heavy atom. The van der Waals surface area contributed by atoms with Crippen LogP contribution in [0.4, 0.5) is 0 Å². The number of hydrogen-bond donors (Lipinski definition) is 0. The van der Waals surface area contributed by atoms with Crippen molar-refractivity contribution in [2.45, 2.75) is 52.6 Å². The van der Waals surface area contributed by atoms with Gasteiger partial charge in [-0.1, -0.05) is 48.9 Å². The number of hydrogen-bond acceptors (Lipinski definition) is 2. The first-order valence-corrected chi connectivity index (χ1v) is 9.00. The highest BCUT2D eigenvalue weighted by molar-refractivity contribution is 5.89. The van der Waals surface area contributed by atoms with Gasteiger partial charge in [0, 0.05) is 5.41 Å². The second-order valence-corrected chi connectivity index (χ2v) is 7.82. The number of allylic oxidation sites excluding steroid dienone is 3. The van der Waals surface area contributed by atoms with Crippen molar-refractivity contribution in [3.05, 3.63) is 59.7 Å². The molecule has 0 spiro atoms. The molecule has 0 bridgehead atoms. The van der Waals surface area contributed by atoms with Crippen molar-refractivity contribution in [2.24, 2.45) is 17.3 Å². The summed E-state index contributed by atoms with van der Waals surface area (Å²) >= 11 is 0. The van der Waals surface area contributed by atoms with Crippen LogP contribution in [0.1, 0.15) is 56.8 Å². The Hall–Kier alpha value is -1.83. The van der Waals surface area contributed by atoms with Crippen molar-refractivity contribution in [3.63, 3.8) is 0 Å². The number of carbonyl (C=O) groups excluding carboxylic acids is 1. The number of fused-ring (bicyclic) bond motifs is 1. The SMILES string of the molecule is C=C(C)[C@@H]1C[C@H](OC(=O)c2ccccc2)[C@@]2(C)CCC=C(C)[C@H]2C1. The molecule has 1 saturated carbocycles. The van der Waals surface area contributed by atoms with Crippen molar-refractivity contribution in [1.29, 1.82) is 0 Å². The zero-order chi connectivity index (χ0) is 17.3. The third-order valence-electron chi connectivity index (χ3n) is 6.21. The third-order valence-corrected chi connectivity index (χ3v) is 6.21. The summed E-state index contributed by atoms with van der Waals surface area (Å²) in [6, 6.07) is 9.33. The highest BCUT2D eigenvalue weighted by atomic mass is 16.5. The summed E-state index contributed by atoms with van der Waals surface area (Å²) in [6.45, 7) is 10.8. The van der Waals surface area contributed by atoms with Crippen molar-refractivity contribution in [1.82, 2.24) is 0 Å². The summed E-state index contributed by atoms with van der Waals surface area (Å²) in [5.41, 5.74) is 3.33. The van der Waals surface area contributed by atoms with E-state index in [1.165, 1.54) is 11.1 Å². The van der Waals surface area contributed by atoms with E-state index in [2.05, 4.69) is 33.4 Å². The summed E-state index contributed by atoms with van der Waals surface area (Å²) in [4.78, 5) is 12.6. The smallest absolute Gasteiger partial charge is 0.338 e. The molecule has 128 valence electrons. The molecule has 0 saturated heterocycles. The summed E-state index contributed by atoms with van der Waals surface area (Å²) in [5.74, 6) is 0.712. The molecule has 0 heterocycles. The Morgan fingerprint density at radius 1 is 1.25 bits per heavy atom. The van der Waals surface area contributed by atoms with Gasteiger partial charge in [-0.25, -0.2) is 4.79 Å². The lowest BCUT2D eigenvalue weighted by Crippen LogP contribution is -2.49. The van der Waals surface area contributed by atoms with E-state index in [0.29, 0.717) is 17.4 Å². The van der Waals surface area contributed by atoms with Crippen LogP contribution in [0.15, 0.2) is 54.1 Å². The zero-order valence-electron chi connectivity index (χ0n) is 15.0. The second-order valence-electron chi connectivity index (χ2n) is 7.82. The maximum Gasteiger partial charge on any atom is 0.338 e. The summed E-state index contributed by atoms with van der Waals surface area (Å²) in [7, 11) is 0. The molecule has 0 radical (unpaired) electrons. The topological polar surface area (TPSA) is 26.3 Å². The standard InChI is InChI=1S/C22H28O2/c1-15(2)18-13-19-16(3)9-8-12-22(19,4)20(14-18)24-21(23)17-10-6-5-7-11-17/h5-7,9-11,18-20H,1,8,12-14H2,2-4H3/t18-,19+,20-,22-/m0/s1. The van der Waals surface area contributed by atoms with Crippen LogP contribution in [0.2, 0.25) is 0 Å². The molecule has 4 atom stereocenters. The van der Waals surface area contributed by atoms with E-state index in [0.717, 1.165) is 25.7 Å². The number of ether oxygens (including phenoxy) is 1. The summed E-state index contributed by atoms with van der Waals surface area (Å²) in [5, 5.41) is 0. The first-order valence-electron chi connectivity index (χ1n) is 9.00. The van der Waals surface area contributed by atoms with Gasteiger partial charge in [-0.05, 0) is 63.5 Å². The van der Waals surface area contributed by atoms with E-state index in [-0.39, 0.29) is 17.5 Å². The molecule has 0 N–H and O–H groups in total. The molecule has 1 aromatic carbocycles. The minimum absolute atomic E-state index is 0.0369. The van der Waals surface area contributed by atoms with Gasteiger partial charge >= 0.3 is 5.97 Å². The van der Waals surface area contributed by atoms with Crippen molar-refractivity contribution >= 4 is 5.97 Å². The molecule has 0 amide bonds. The minimum atomic E-state index is -0.199. The Balaban J connectivity index is 1.87. The molecule has 2 heteroatoms. The van der Waals surface area contributed by atoms with Crippen molar-refractivity contribution in [3.8, 4) is 0 Å². The molecule has 3 rings (SSSR count). The summed E-state index contributed by atoms with van der Waals surface area (Å²) < 4.78 is 6.07. The molecule has 0 unspecified atom stereocenters. The fourth-order valence-corrected chi connectivity index (χ4v) is 4.55. The van der Waals surface area contributed by atoms with Crippen LogP contribution in [0.25, 0.3) is 0 Å². The molecule has 2 nitrogen and oxygen atoms in total. The molecule has 0 aliphatic heterocycles. The number of rotatable bonds is 3. The summed E-state index contributed by atoms with van der Waals surface area (Å²) in [6.07, 6.45) is 6.51. The van der Waals surface area contributed by atoms with E-state index in [9.17, 15) is 4.79 Å². The average molecular weight is 324 g/mol. The van der Waals surface area contributed by atoms with Crippen LogP contribution < -0.4 is 0 Å². The van der Waals surface area contributed by atoms with Crippen LogP contribution in [-0.4, -0.2) is 12.1 Å². The van der Waals surface area contributed by atoms with Crippen LogP contribution in [-0.2, 0) is 4.74 Å². The molecule has 2 aliphatic carbocycles. The van der Waals surface area contributed by atoms with Crippen LogP contribution in [0.5, 0.6) is 0 Å². The monoisotopic (exact) mass is 324 g/mol. The Bertz CT molecular complexity index is 658. The highest BCUT2D eigenvalue weighted by Gasteiger charge is 2.50. The second kappa shape index (κ2) is 6.58. The maximum absolute atomic E-state index is 12.6. The molecule has 2 aliphatic rings. The molecule has 1 fully saturated rings. The quantitative estimate of drug-likeness (QED) is 0.537. The molecular formula is C22H28O2. The van der Waals surface area contributed by atoms with E-state index >= 15 is 0 Å². The van der Waals surface area contributed by atoms with Crippen molar-refractivity contribution in [2.75, 3.05) is 0 Å². The van der Waals surface area contributed by atoms with Gasteiger partial charge in [-0.3, -0.25) is 0 Å². The van der Waals surface area contributed by atoms with Gasteiger partial charge in [0.05, 0.1) is 5.56 Å². The Kier molecular flexibility index (Phi) is 4.67. The van der Waals surface area contributed by atoms with E-state index in [1.807, 2.05) is 30.3 Å². The van der Waals surface area contributed by atoms with Crippen LogP contribution in [0.3, 0.4) is 0 Å². The number of benzene rings is 1. The molecule has 1 aromatic rings. The van der Waals surface area contributed by atoms with Gasteiger partial charge < -0.3 is 4.74 Å². The Morgan fingerprint density at radius 2 is 1.96 bits per heavy atom. The first-order chi connectivity index (χ1) is 11.4. The minimum Gasteiger partial charge on any atom is -0.458 e. The molecular weight excluding hydrogens is 296 g/mol. The average Bonchev–Trinajstić information content (AvgIpc) is 2.56. The zero-order valence-corrected chi connectivity index (χ0v) is 15.0. The fourth-order valence-electron chi connectivity index (χ4n) is 4.55. The van der Waals surface area contributed by atoms with Crippen LogP contribution in [0, 0.1) is 17.3 Å². The Labute approximate surface area is 145 Å². The van der Waals surface area contributed by atoms with E-state index in [4.69, 9.17) is 4.74 Å². The van der Waals surface area contributed by atoms with Gasteiger partial charge in [-0.2, -0.15) is 0 Å². The van der Waals surface area contributed by atoms with Gasteiger partial charge in [0.2, 0.25) is 0 Å². The van der Waals surface area contributed by atoms with Gasteiger partial charge in [0.1, 0.15) is 6.10 Å². The predicted molar refractivity (Wildman–Crippen MR) is 97.8 cm³/mol. The van der Waals surface area contributed by atoms with Gasteiger partial charge in [-0.15, -0.1) is 0 Å². The number of esters is 1. The lowest BCUT2D eigenvalue weighted by molar-refractivity contribution is -0.0703. The van der Waals surface area contributed by atoms with Gasteiger partial charge in [0.15, 0.2) is 0 Å². The van der Waals surface area contributed by atoms with E-state index in [1.54, 1.807) is 0 Å². The maximum atomic E-state index is 12.6. The third kappa shape index (κ3) is 3.07. The number of carbonyl (C=O) groups is 1. The van der Waals surface area contributed by atoms with E-state index < -0.39 is 0 Å². The predicted octanol–water partition coefficient (Wildman–Crippen LogP) is 5.56. The lowest BCUT2D eigenvalue weighted by Gasteiger charge is -2.51. The first kappa shape index (κ1) is 17.0. The molecule has 24 heavy (non-hydrogen) atoms. The van der Waals surface area contributed by atoms with Gasteiger partial charge in [0.25, 0.3) is 0 Å². The largest absolute Gasteiger partial charge is 0.458 e.